The average molecular weight is 180 g/mol. The number of aromatic nitrogens is 2. The zero-order valence-electron chi connectivity index (χ0n) is 7.28. The van der Waals surface area contributed by atoms with E-state index in [0.717, 1.165) is 18.7 Å². The molecule has 1 amide bonds. The Kier molecular flexibility index (Phi) is 3.19. The number of rotatable bonds is 3. The molecule has 5 nitrogen and oxygen atoms in total. The Morgan fingerprint density at radius 2 is 2.38 bits per heavy atom. The van der Waals surface area contributed by atoms with Crippen molar-refractivity contribution in [2.75, 3.05) is 6.54 Å². The van der Waals surface area contributed by atoms with Crippen molar-refractivity contribution in [2.45, 2.75) is 13.3 Å². The summed E-state index contributed by atoms with van der Waals surface area (Å²) in [5.74, 6) is -0.663. The van der Waals surface area contributed by atoms with Crippen molar-refractivity contribution in [1.29, 1.82) is 0 Å². The van der Waals surface area contributed by atoms with Crippen LogP contribution in [0.3, 0.4) is 0 Å². The summed E-state index contributed by atoms with van der Waals surface area (Å²) in [5.41, 5.74) is 0.0703. The lowest BCUT2D eigenvalue weighted by Crippen LogP contribution is -2.25. The Morgan fingerprint density at radius 3 is 3.00 bits per heavy atom. The highest BCUT2D eigenvalue weighted by atomic mass is 16.3. The molecule has 0 saturated heterocycles. The second-order valence-electron chi connectivity index (χ2n) is 2.53. The molecular formula is C8H10N3O2. The van der Waals surface area contributed by atoms with Gasteiger partial charge in [-0.2, -0.15) is 5.10 Å². The minimum Gasteiger partial charge on any atom is -0.351 e. The van der Waals surface area contributed by atoms with Crippen molar-refractivity contribution < 1.29 is 9.90 Å². The highest BCUT2D eigenvalue weighted by molar-refractivity contribution is 5.92. The fourth-order valence-corrected chi connectivity index (χ4v) is 0.789. The summed E-state index contributed by atoms with van der Waals surface area (Å²) in [6, 6.07) is 1.16. The van der Waals surface area contributed by atoms with Crippen LogP contribution in [0.15, 0.2) is 12.3 Å². The number of hydrogen-bond acceptors (Lipinski definition) is 3. The minimum absolute atomic E-state index is 0.0703. The summed E-state index contributed by atoms with van der Waals surface area (Å²) in [4.78, 5) is 11.2. The van der Waals surface area contributed by atoms with Crippen LogP contribution in [-0.2, 0) is 5.11 Å². The quantitative estimate of drug-likeness (QED) is 0.746. The molecule has 0 spiro atoms. The number of nitrogens with one attached hydrogen (secondary N) is 1. The second-order valence-corrected chi connectivity index (χ2v) is 2.53. The molecule has 0 aliphatic heterocycles. The lowest BCUT2D eigenvalue weighted by atomic mass is 10.3. The molecule has 1 rings (SSSR count). The van der Waals surface area contributed by atoms with Gasteiger partial charge in [0.25, 0.3) is 5.91 Å². The fraction of sp³-hybridized carbons (Fsp3) is 0.375. The van der Waals surface area contributed by atoms with E-state index in [0.29, 0.717) is 6.54 Å². The van der Waals surface area contributed by atoms with E-state index in [-0.39, 0.29) is 17.4 Å². The van der Waals surface area contributed by atoms with Gasteiger partial charge >= 0.3 is 0 Å². The summed E-state index contributed by atoms with van der Waals surface area (Å²) < 4.78 is 0. The molecule has 0 atom stereocenters. The van der Waals surface area contributed by atoms with Crippen molar-refractivity contribution in [1.82, 2.24) is 15.5 Å². The third-order valence-electron chi connectivity index (χ3n) is 1.40. The van der Waals surface area contributed by atoms with Gasteiger partial charge in [-0.3, -0.25) is 9.90 Å². The SMILES string of the molecule is CCCNC(=O)c1cc([O])cnn1. The maximum atomic E-state index is 11.2. The normalized spacial score (nSPS) is 9.62. The summed E-state index contributed by atoms with van der Waals surface area (Å²) in [7, 11) is 0. The molecule has 5 heteroatoms. The van der Waals surface area contributed by atoms with Gasteiger partial charge in [0.2, 0.25) is 5.75 Å². The molecule has 0 aromatic carbocycles. The Balaban J connectivity index is 2.66. The Hall–Kier alpha value is -1.65. The zero-order chi connectivity index (χ0) is 9.68. The van der Waals surface area contributed by atoms with Gasteiger partial charge in [0, 0.05) is 12.6 Å². The molecule has 1 heterocycles. The number of hydrogen-bond donors (Lipinski definition) is 1. The first-order valence-corrected chi connectivity index (χ1v) is 4.02. The monoisotopic (exact) mass is 180 g/mol. The van der Waals surface area contributed by atoms with E-state index in [9.17, 15) is 9.90 Å². The Morgan fingerprint density at radius 1 is 1.62 bits per heavy atom. The molecule has 0 fully saturated rings. The van der Waals surface area contributed by atoms with Gasteiger partial charge in [0.15, 0.2) is 5.69 Å². The van der Waals surface area contributed by atoms with Crippen LogP contribution < -0.4 is 5.32 Å². The first kappa shape index (κ1) is 9.44. The molecule has 1 aromatic rings. The first-order chi connectivity index (χ1) is 6.24. The zero-order valence-corrected chi connectivity index (χ0v) is 7.28. The Bertz CT molecular complexity index is 301. The van der Waals surface area contributed by atoms with E-state index in [2.05, 4.69) is 15.5 Å². The predicted octanol–water partition coefficient (Wildman–Crippen LogP) is 0.760. The van der Waals surface area contributed by atoms with Gasteiger partial charge in [0.1, 0.15) is 0 Å². The van der Waals surface area contributed by atoms with Gasteiger partial charge in [-0.25, -0.2) is 0 Å². The maximum Gasteiger partial charge on any atom is 0.271 e. The van der Waals surface area contributed by atoms with E-state index in [4.69, 9.17) is 0 Å². The van der Waals surface area contributed by atoms with Gasteiger partial charge in [-0.15, -0.1) is 5.10 Å². The molecule has 0 bridgehead atoms. The van der Waals surface area contributed by atoms with E-state index in [1.807, 2.05) is 6.92 Å². The van der Waals surface area contributed by atoms with Crippen LogP contribution in [0.5, 0.6) is 5.75 Å². The first-order valence-electron chi connectivity index (χ1n) is 4.02. The number of nitrogens with zero attached hydrogens (tertiary/aromatic N) is 2. The van der Waals surface area contributed by atoms with Crippen LogP contribution in [0.4, 0.5) is 0 Å². The molecule has 1 aromatic heterocycles. The van der Waals surface area contributed by atoms with Crippen LogP contribution in [0.2, 0.25) is 0 Å². The van der Waals surface area contributed by atoms with Gasteiger partial charge in [0.05, 0.1) is 6.20 Å². The van der Waals surface area contributed by atoms with Crippen LogP contribution >= 0.6 is 0 Å². The van der Waals surface area contributed by atoms with Crippen molar-refractivity contribution in [3.05, 3.63) is 18.0 Å². The van der Waals surface area contributed by atoms with Crippen molar-refractivity contribution >= 4 is 5.91 Å². The molecule has 0 unspecified atom stereocenters. The smallest absolute Gasteiger partial charge is 0.271 e. The molecule has 1 radical (unpaired) electrons. The lowest BCUT2D eigenvalue weighted by Gasteiger charge is -2.00. The van der Waals surface area contributed by atoms with E-state index in [1.165, 1.54) is 0 Å². The molecule has 13 heavy (non-hydrogen) atoms. The van der Waals surface area contributed by atoms with Crippen LogP contribution in [0.1, 0.15) is 23.8 Å². The van der Waals surface area contributed by atoms with E-state index >= 15 is 0 Å². The molecule has 1 N–H and O–H groups in total. The molecule has 0 aliphatic carbocycles. The molecule has 69 valence electrons. The highest BCUT2D eigenvalue weighted by Crippen LogP contribution is 2.06. The standard InChI is InChI=1S/C8H10N3O2/c1-2-3-9-8(13)7-4-6(12)5-10-11-7/h4-5H,2-3H2,1H3,(H,9,13). The van der Waals surface area contributed by atoms with Crippen molar-refractivity contribution in [3.63, 3.8) is 0 Å². The van der Waals surface area contributed by atoms with Gasteiger partial charge in [-0.1, -0.05) is 6.92 Å². The number of carbonyl (C=O) groups excluding carboxylic acids is 1. The topological polar surface area (TPSA) is 74.8 Å². The van der Waals surface area contributed by atoms with Gasteiger partial charge < -0.3 is 5.32 Å². The third-order valence-corrected chi connectivity index (χ3v) is 1.40. The highest BCUT2D eigenvalue weighted by Gasteiger charge is 2.07. The summed E-state index contributed by atoms with van der Waals surface area (Å²) >= 11 is 0. The number of carbonyl (C=O) groups is 1. The van der Waals surface area contributed by atoms with Crippen LogP contribution in [0, 0.1) is 0 Å². The average Bonchev–Trinajstić information content (AvgIpc) is 2.14. The molecule has 0 saturated carbocycles. The summed E-state index contributed by atoms with van der Waals surface area (Å²) in [5, 5.41) is 20.3. The molecule has 0 aliphatic rings. The van der Waals surface area contributed by atoms with Crippen molar-refractivity contribution in [2.24, 2.45) is 0 Å². The maximum absolute atomic E-state index is 11.2. The largest absolute Gasteiger partial charge is 0.351 e. The van der Waals surface area contributed by atoms with E-state index < -0.39 is 0 Å². The molecular weight excluding hydrogens is 170 g/mol. The van der Waals surface area contributed by atoms with Crippen LogP contribution in [0.25, 0.3) is 0 Å². The minimum atomic E-state index is -0.355. The third kappa shape index (κ3) is 2.70. The second kappa shape index (κ2) is 4.39. The lowest BCUT2D eigenvalue weighted by molar-refractivity contribution is 0.0947. The predicted molar refractivity (Wildman–Crippen MR) is 44.8 cm³/mol. The fourth-order valence-electron chi connectivity index (χ4n) is 0.789. The van der Waals surface area contributed by atoms with Gasteiger partial charge in [-0.05, 0) is 6.42 Å². The summed E-state index contributed by atoms with van der Waals surface area (Å²) in [6.45, 7) is 2.51. The summed E-state index contributed by atoms with van der Waals surface area (Å²) in [6.07, 6.45) is 1.91. The number of amides is 1. The van der Waals surface area contributed by atoms with Crippen molar-refractivity contribution in [3.8, 4) is 5.75 Å². The Labute approximate surface area is 75.8 Å². The van der Waals surface area contributed by atoms with E-state index in [1.54, 1.807) is 0 Å². The van der Waals surface area contributed by atoms with Crippen LogP contribution in [-0.4, -0.2) is 22.6 Å².